The van der Waals surface area contributed by atoms with Crippen LogP contribution in [0.1, 0.15) is 51.0 Å². The number of hydrogen-bond donors (Lipinski definition) is 0. The highest BCUT2D eigenvalue weighted by Crippen LogP contribution is 2.38. The Bertz CT molecular complexity index is 448. The Balaban J connectivity index is 0.00000264. The van der Waals surface area contributed by atoms with Gasteiger partial charge in [0, 0.05) is 6.54 Å². The second-order valence-electron chi connectivity index (χ2n) is 6.10. The van der Waals surface area contributed by atoms with Gasteiger partial charge in [-0.3, -0.25) is 4.79 Å². The van der Waals surface area contributed by atoms with Gasteiger partial charge < -0.3 is 9.64 Å². The maximum absolute atomic E-state index is 12.5. The molecule has 1 aliphatic rings. The van der Waals surface area contributed by atoms with Crippen molar-refractivity contribution in [3.8, 4) is 0 Å². The van der Waals surface area contributed by atoms with Crippen molar-refractivity contribution in [1.29, 1.82) is 0 Å². The van der Waals surface area contributed by atoms with Crippen LogP contribution in [0.4, 0.5) is 0 Å². The molecule has 0 bridgehead atoms. The summed E-state index contributed by atoms with van der Waals surface area (Å²) < 4.78 is 5.59. The van der Waals surface area contributed by atoms with Gasteiger partial charge in [0.2, 0.25) is 0 Å². The van der Waals surface area contributed by atoms with Gasteiger partial charge >= 0.3 is 5.97 Å². The van der Waals surface area contributed by atoms with Crippen LogP contribution < -0.4 is 0 Å². The van der Waals surface area contributed by atoms with E-state index in [9.17, 15) is 4.79 Å². The smallest absolute Gasteiger partial charge is 0.309 e. The second-order valence-corrected chi connectivity index (χ2v) is 6.10. The highest BCUT2D eigenvalue weighted by Gasteiger charge is 2.32. The van der Waals surface area contributed by atoms with Gasteiger partial charge in [-0.15, -0.1) is 12.4 Å². The molecule has 130 valence electrons. The Morgan fingerprint density at radius 3 is 2.43 bits per heavy atom. The number of likely N-dealkylation sites (N-methyl/N-ethyl adjacent to an activating group) is 1. The Morgan fingerprint density at radius 2 is 1.78 bits per heavy atom. The van der Waals surface area contributed by atoms with Crippen LogP contribution in [0.25, 0.3) is 0 Å². The minimum Gasteiger partial charge on any atom is -0.464 e. The van der Waals surface area contributed by atoms with Gasteiger partial charge in [-0.1, -0.05) is 57.0 Å². The van der Waals surface area contributed by atoms with Gasteiger partial charge in [-0.2, -0.15) is 0 Å². The van der Waals surface area contributed by atoms with E-state index in [4.69, 9.17) is 4.74 Å². The van der Waals surface area contributed by atoms with E-state index in [2.05, 4.69) is 43.0 Å². The first-order chi connectivity index (χ1) is 10.8. The Labute approximate surface area is 146 Å². The Hall–Kier alpha value is -1.06. The Morgan fingerprint density at radius 1 is 1.13 bits per heavy atom. The third-order valence-electron chi connectivity index (χ3n) is 4.84. The summed E-state index contributed by atoms with van der Waals surface area (Å²) in [5.41, 5.74) is 1.29. The molecule has 23 heavy (non-hydrogen) atoms. The molecule has 2 atom stereocenters. The summed E-state index contributed by atoms with van der Waals surface area (Å²) in [6.07, 6.45) is 4.41. The van der Waals surface area contributed by atoms with E-state index in [-0.39, 0.29) is 24.3 Å². The molecule has 0 amide bonds. The van der Waals surface area contributed by atoms with Crippen LogP contribution in [-0.2, 0) is 9.53 Å². The van der Waals surface area contributed by atoms with Crippen LogP contribution in [0.5, 0.6) is 0 Å². The normalized spacial score (nSPS) is 20.8. The molecule has 3 nitrogen and oxygen atoms in total. The summed E-state index contributed by atoms with van der Waals surface area (Å²) >= 11 is 0. The molecule has 1 aliphatic carbocycles. The topological polar surface area (TPSA) is 29.5 Å². The van der Waals surface area contributed by atoms with Crippen molar-refractivity contribution in [2.75, 3.05) is 26.2 Å². The van der Waals surface area contributed by atoms with Gasteiger partial charge in [-0.25, -0.2) is 0 Å². The molecular weight excluding hydrogens is 310 g/mol. The number of nitrogens with zero attached hydrogens (tertiary/aromatic N) is 1. The third-order valence-corrected chi connectivity index (χ3v) is 4.84. The first-order valence-electron chi connectivity index (χ1n) is 8.70. The van der Waals surface area contributed by atoms with Gasteiger partial charge in [0.05, 0.1) is 5.92 Å². The molecule has 0 aromatic heterocycles. The second kappa shape index (κ2) is 10.7. The Kier molecular flexibility index (Phi) is 9.27. The zero-order valence-electron chi connectivity index (χ0n) is 14.4. The van der Waals surface area contributed by atoms with E-state index in [1.807, 2.05) is 6.07 Å². The summed E-state index contributed by atoms with van der Waals surface area (Å²) in [5, 5.41) is 0. The number of benzene rings is 1. The summed E-state index contributed by atoms with van der Waals surface area (Å²) in [6, 6.07) is 10.4. The van der Waals surface area contributed by atoms with Crippen molar-refractivity contribution in [3.63, 3.8) is 0 Å². The minimum absolute atomic E-state index is 0. The van der Waals surface area contributed by atoms with Crippen LogP contribution >= 0.6 is 12.4 Å². The lowest BCUT2D eigenvalue weighted by Crippen LogP contribution is -2.31. The van der Waals surface area contributed by atoms with Gasteiger partial charge in [0.15, 0.2) is 0 Å². The van der Waals surface area contributed by atoms with Crippen molar-refractivity contribution in [3.05, 3.63) is 35.9 Å². The first-order valence-corrected chi connectivity index (χ1v) is 8.70. The van der Waals surface area contributed by atoms with E-state index >= 15 is 0 Å². The number of halogens is 1. The minimum atomic E-state index is 0. The molecule has 0 N–H and O–H groups in total. The molecular formula is C19H30ClNO2. The average Bonchev–Trinajstić information content (AvgIpc) is 2.59. The fourth-order valence-corrected chi connectivity index (χ4v) is 3.43. The number of esters is 1. The fraction of sp³-hybridized carbons (Fsp3) is 0.632. The quantitative estimate of drug-likeness (QED) is 0.695. The van der Waals surface area contributed by atoms with Gasteiger partial charge in [-0.05, 0) is 37.4 Å². The number of carbonyl (C=O) groups is 1. The van der Waals surface area contributed by atoms with Crippen molar-refractivity contribution in [1.82, 2.24) is 4.90 Å². The monoisotopic (exact) mass is 339 g/mol. The molecule has 0 radical (unpaired) electrons. The van der Waals surface area contributed by atoms with Crippen LogP contribution in [0.15, 0.2) is 30.3 Å². The zero-order chi connectivity index (χ0) is 15.8. The molecule has 1 aromatic carbocycles. The SMILES string of the molecule is CCN(CC)CCOC(=O)C1CCCCC1c1ccccc1.Cl. The number of rotatable bonds is 7. The molecule has 0 saturated heterocycles. The summed E-state index contributed by atoms with van der Waals surface area (Å²) in [4.78, 5) is 14.8. The first kappa shape index (κ1) is 20.0. The average molecular weight is 340 g/mol. The number of hydrogen-bond acceptors (Lipinski definition) is 3. The lowest BCUT2D eigenvalue weighted by molar-refractivity contribution is -0.150. The molecule has 2 rings (SSSR count). The van der Waals surface area contributed by atoms with Crippen LogP contribution in [-0.4, -0.2) is 37.1 Å². The van der Waals surface area contributed by atoms with E-state index < -0.39 is 0 Å². The molecule has 0 heterocycles. The van der Waals surface area contributed by atoms with Crippen molar-refractivity contribution in [2.45, 2.75) is 45.4 Å². The highest BCUT2D eigenvalue weighted by atomic mass is 35.5. The highest BCUT2D eigenvalue weighted by molar-refractivity contribution is 5.85. The fourth-order valence-electron chi connectivity index (χ4n) is 3.43. The third kappa shape index (κ3) is 5.82. The lowest BCUT2D eigenvalue weighted by atomic mass is 9.75. The largest absolute Gasteiger partial charge is 0.464 e. The molecule has 1 saturated carbocycles. The molecule has 1 fully saturated rings. The van der Waals surface area contributed by atoms with Crippen molar-refractivity contribution < 1.29 is 9.53 Å². The predicted octanol–water partition coefficient (Wildman–Crippen LogP) is 4.27. The van der Waals surface area contributed by atoms with Crippen LogP contribution in [0.3, 0.4) is 0 Å². The zero-order valence-corrected chi connectivity index (χ0v) is 15.2. The standard InChI is InChI=1S/C19H29NO2.ClH/c1-3-20(4-2)14-15-22-19(21)18-13-9-8-12-17(18)16-10-6-5-7-11-16;/h5-7,10-11,17-18H,3-4,8-9,12-15H2,1-2H3;1H. The molecule has 1 aromatic rings. The maximum atomic E-state index is 12.5. The van der Waals surface area contributed by atoms with Crippen LogP contribution in [0.2, 0.25) is 0 Å². The molecule has 4 heteroatoms. The summed E-state index contributed by atoms with van der Waals surface area (Å²) in [7, 11) is 0. The predicted molar refractivity (Wildman–Crippen MR) is 97.1 cm³/mol. The van der Waals surface area contributed by atoms with Gasteiger partial charge in [0.25, 0.3) is 0 Å². The van der Waals surface area contributed by atoms with E-state index in [1.54, 1.807) is 0 Å². The summed E-state index contributed by atoms with van der Waals surface area (Å²) in [6.45, 7) is 7.63. The molecule has 0 spiro atoms. The van der Waals surface area contributed by atoms with E-state index in [0.717, 1.165) is 38.9 Å². The lowest BCUT2D eigenvalue weighted by Gasteiger charge is -2.30. The molecule has 2 unspecified atom stereocenters. The number of carbonyl (C=O) groups excluding carboxylic acids is 1. The summed E-state index contributed by atoms with van der Waals surface area (Å²) in [5.74, 6) is 0.365. The number of ether oxygens (including phenoxy) is 1. The van der Waals surface area contributed by atoms with Crippen molar-refractivity contribution in [2.24, 2.45) is 5.92 Å². The van der Waals surface area contributed by atoms with E-state index in [1.165, 1.54) is 12.0 Å². The molecule has 0 aliphatic heterocycles. The van der Waals surface area contributed by atoms with Crippen molar-refractivity contribution >= 4 is 18.4 Å². The van der Waals surface area contributed by atoms with Gasteiger partial charge in [0.1, 0.15) is 6.61 Å². The van der Waals surface area contributed by atoms with E-state index in [0.29, 0.717) is 12.5 Å². The maximum Gasteiger partial charge on any atom is 0.309 e. The van der Waals surface area contributed by atoms with Crippen LogP contribution in [0, 0.1) is 5.92 Å².